The molecule has 1 aromatic carbocycles. The van der Waals surface area contributed by atoms with Gasteiger partial charge in [0.25, 0.3) is 5.69 Å². The van der Waals surface area contributed by atoms with Gasteiger partial charge in [-0.25, -0.2) is 0 Å². The van der Waals surface area contributed by atoms with Crippen LogP contribution < -0.4 is 5.32 Å². The van der Waals surface area contributed by atoms with Crippen LogP contribution in [0.15, 0.2) is 24.3 Å². The predicted octanol–water partition coefficient (Wildman–Crippen LogP) is 2.73. The second kappa shape index (κ2) is 6.81. The number of non-ortho nitro benzene ring substituents is 1. The first kappa shape index (κ1) is 14.9. The summed E-state index contributed by atoms with van der Waals surface area (Å²) in [5, 5.41) is 14.2. The Morgan fingerprint density at radius 2 is 2.25 bits per heavy atom. The highest BCUT2D eigenvalue weighted by Crippen LogP contribution is 2.26. The number of hydrogen-bond donors (Lipinski definition) is 1. The highest BCUT2D eigenvalue weighted by atomic mass is 16.6. The molecule has 1 aliphatic rings. The molecule has 1 saturated carbocycles. The number of nitrogens with one attached hydrogen (secondary N) is 1. The second-order valence-electron chi connectivity index (χ2n) is 5.39. The summed E-state index contributed by atoms with van der Waals surface area (Å²) < 4.78 is 0. The Hall–Kier alpha value is -1.46. The summed E-state index contributed by atoms with van der Waals surface area (Å²) in [7, 11) is 0. The lowest BCUT2D eigenvalue weighted by atomic mass is 10.1. The lowest BCUT2D eigenvalue weighted by Crippen LogP contribution is -2.34. The number of benzene rings is 1. The zero-order valence-corrected chi connectivity index (χ0v) is 12.2. The van der Waals surface area contributed by atoms with Crippen molar-refractivity contribution < 1.29 is 4.92 Å². The average molecular weight is 277 g/mol. The SMILES string of the molecule is CCN(CCNC(C)c1cccc([N+](=O)[O-])c1)C1CC1. The Morgan fingerprint density at radius 3 is 2.85 bits per heavy atom. The van der Waals surface area contributed by atoms with Gasteiger partial charge in [-0.2, -0.15) is 0 Å². The first-order valence-corrected chi connectivity index (χ1v) is 7.33. The number of hydrogen-bond acceptors (Lipinski definition) is 4. The molecule has 1 atom stereocenters. The highest BCUT2D eigenvalue weighted by Gasteiger charge is 2.27. The second-order valence-corrected chi connectivity index (χ2v) is 5.39. The largest absolute Gasteiger partial charge is 0.309 e. The number of nitro benzene ring substituents is 1. The van der Waals surface area contributed by atoms with Gasteiger partial charge in [0, 0.05) is 37.3 Å². The third-order valence-corrected chi connectivity index (χ3v) is 3.90. The minimum Gasteiger partial charge on any atom is -0.309 e. The Kier molecular flexibility index (Phi) is 5.09. The maximum atomic E-state index is 10.8. The summed E-state index contributed by atoms with van der Waals surface area (Å²) in [6.07, 6.45) is 2.66. The van der Waals surface area contributed by atoms with Crippen LogP contribution in [0.4, 0.5) is 5.69 Å². The molecular weight excluding hydrogens is 254 g/mol. The van der Waals surface area contributed by atoms with E-state index in [-0.39, 0.29) is 16.7 Å². The molecule has 1 aromatic rings. The zero-order chi connectivity index (χ0) is 14.5. The van der Waals surface area contributed by atoms with Crippen LogP contribution in [0, 0.1) is 10.1 Å². The van der Waals surface area contributed by atoms with Crippen LogP contribution in [0.25, 0.3) is 0 Å². The van der Waals surface area contributed by atoms with E-state index in [1.54, 1.807) is 12.1 Å². The van der Waals surface area contributed by atoms with E-state index in [9.17, 15) is 10.1 Å². The predicted molar refractivity (Wildman–Crippen MR) is 79.8 cm³/mol. The highest BCUT2D eigenvalue weighted by molar-refractivity contribution is 5.35. The van der Waals surface area contributed by atoms with Gasteiger partial charge in [0.2, 0.25) is 0 Å². The van der Waals surface area contributed by atoms with Crippen molar-refractivity contribution >= 4 is 5.69 Å². The standard InChI is InChI=1S/C15H23N3O2/c1-3-17(14-7-8-14)10-9-16-12(2)13-5-4-6-15(11-13)18(19)20/h4-6,11-12,14,16H,3,7-10H2,1-2H3. The summed E-state index contributed by atoms with van der Waals surface area (Å²) in [6.45, 7) is 7.29. The fourth-order valence-electron chi connectivity index (χ4n) is 2.49. The molecule has 0 radical (unpaired) electrons. The van der Waals surface area contributed by atoms with Gasteiger partial charge in [0.05, 0.1) is 4.92 Å². The van der Waals surface area contributed by atoms with E-state index in [0.29, 0.717) is 0 Å². The van der Waals surface area contributed by atoms with Crippen molar-refractivity contribution in [1.29, 1.82) is 0 Å². The van der Waals surface area contributed by atoms with Crippen molar-refractivity contribution in [2.75, 3.05) is 19.6 Å². The molecule has 0 saturated heterocycles. The lowest BCUT2D eigenvalue weighted by Gasteiger charge is -2.21. The van der Waals surface area contributed by atoms with Crippen LogP contribution >= 0.6 is 0 Å². The Morgan fingerprint density at radius 1 is 1.50 bits per heavy atom. The van der Waals surface area contributed by atoms with E-state index in [4.69, 9.17) is 0 Å². The molecule has 0 heterocycles. The van der Waals surface area contributed by atoms with Crippen LogP contribution in [0.1, 0.15) is 38.3 Å². The quantitative estimate of drug-likeness (QED) is 0.586. The Labute approximate surface area is 120 Å². The number of likely N-dealkylation sites (N-methyl/N-ethyl adjacent to an activating group) is 1. The lowest BCUT2D eigenvalue weighted by molar-refractivity contribution is -0.384. The third-order valence-electron chi connectivity index (χ3n) is 3.90. The van der Waals surface area contributed by atoms with E-state index >= 15 is 0 Å². The van der Waals surface area contributed by atoms with Gasteiger partial charge in [-0.15, -0.1) is 0 Å². The van der Waals surface area contributed by atoms with Crippen LogP contribution in [-0.4, -0.2) is 35.5 Å². The summed E-state index contributed by atoms with van der Waals surface area (Å²) in [6, 6.07) is 7.78. The molecule has 1 N–H and O–H groups in total. The minimum absolute atomic E-state index is 0.132. The van der Waals surface area contributed by atoms with E-state index in [1.165, 1.54) is 18.9 Å². The summed E-state index contributed by atoms with van der Waals surface area (Å²) in [5.74, 6) is 0. The molecular formula is C15H23N3O2. The van der Waals surface area contributed by atoms with Crippen molar-refractivity contribution in [1.82, 2.24) is 10.2 Å². The molecule has 0 aliphatic heterocycles. The molecule has 20 heavy (non-hydrogen) atoms. The fourth-order valence-corrected chi connectivity index (χ4v) is 2.49. The smallest absolute Gasteiger partial charge is 0.269 e. The van der Waals surface area contributed by atoms with Crippen LogP contribution in [0.2, 0.25) is 0 Å². The number of rotatable bonds is 8. The van der Waals surface area contributed by atoms with Gasteiger partial charge in [0.1, 0.15) is 0 Å². The minimum atomic E-state index is -0.345. The van der Waals surface area contributed by atoms with Crippen LogP contribution in [-0.2, 0) is 0 Å². The van der Waals surface area contributed by atoms with E-state index in [0.717, 1.165) is 31.2 Å². The molecule has 5 nitrogen and oxygen atoms in total. The van der Waals surface area contributed by atoms with Crippen molar-refractivity contribution in [3.8, 4) is 0 Å². The maximum absolute atomic E-state index is 10.8. The van der Waals surface area contributed by atoms with Crippen molar-refractivity contribution in [2.24, 2.45) is 0 Å². The summed E-state index contributed by atoms with van der Waals surface area (Å²) >= 11 is 0. The maximum Gasteiger partial charge on any atom is 0.269 e. The van der Waals surface area contributed by atoms with Crippen molar-refractivity contribution in [2.45, 2.75) is 38.8 Å². The molecule has 1 unspecified atom stereocenters. The third kappa shape index (κ3) is 4.02. The van der Waals surface area contributed by atoms with E-state index < -0.39 is 0 Å². The zero-order valence-electron chi connectivity index (χ0n) is 12.2. The van der Waals surface area contributed by atoms with Crippen molar-refractivity contribution in [3.63, 3.8) is 0 Å². The van der Waals surface area contributed by atoms with Gasteiger partial charge >= 0.3 is 0 Å². The van der Waals surface area contributed by atoms with Gasteiger partial charge in [-0.05, 0) is 31.9 Å². The molecule has 0 bridgehead atoms. The van der Waals surface area contributed by atoms with Gasteiger partial charge < -0.3 is 5.32 Å². The van der Waals surface area contributed by atoms with Crippen LogP contribution in [0.3, 0.4) is 0 Å². The molecule has 0 spiro atoms. The first-order chi connectivity index (χ1) is 9.61. The molecule has 110 valence electrons. The fraction of sp³-hybridized carbons (Fsp3) is 0.600. The molecule has 0 amide bonds. The topological polar surface area (TPSA) is 58.4 Å². The molecule has 2 rings (SSSR count). The normalized spacial score (nSPS) is 16.4. The van der Waals surface area contributed by atoms with Gasteiger partial charge in [-0.1, -0.05) is 19.1 Å². The molecule has 1 aliphatic carbocycles. The Bertz CT molecular complexity index is 460. The van der Waals surface area contributed by atoms with Gasteiger partial charge in [-0.3, -0.25) is 15.0 Å². The van der Waals surface area contributed by atoms with Crippen LogP contribution in [0.5, 0.6) is 0 Å². The van der Waals surface area contributed by atoms with Gasteiger partial charge in [0.15, 0.2) is 0 Å². The summed E-state index contributed by atoms with van der Waals surface area (Å²) in [5.41, 5.74) is 1.12. The molecule has 0 aromatic heterocycles. The Balaban J connectivity index is 1.83. The number of nitro groups is 1. The monoisotopic (exact) mass is 277 g/mol. The molecule has 1 fully saturated rings. The van der Waals surface area contributed by atoms with Crippen molar-refractivity contribution in [3.05, 3.63) is 39.9 Å². The average Bonchev–Trinajstić information content (AvgIpc) is 3.28. The van der Waals surface area contributed by atoms with E-state index in [1.807, 2.05) is 13.0 Å². The summed E-state index contributed by atoms with van der Waals surface area (Å²) in [4.78, 5) is 12.9. The molecule has 5 heteroatoms. The first-order valence-electron chi connectivity index (χ1n) is 7.33. The number of nitrogens with zero attached hydrogens (tertiary/aromatic N) is 2. The van der Waals surface area contributed by atoms with E-state index in [2.05, 4.69) is 17.1 Å².